The van der Waals surface area contributed by atoms with E-state index in [4.69, 9.17) is 4.74 Å². The number of carbonyl (C=O) groups is 1. The molecule has 0 amide bonds. The van der Waals surface area contributed by atoms with Crippen molar-refractivity contribution in [2.24, 2.45) is 0 Å². The number of nitrogens with zero attached hydrogens (tertiary/aromatic N) is 1. The highest BCUT2D eigenvalue weighted by Gasteiger charge is 2.45. The maximum Gasteiger partial charge on any atom is 0.325 e. The van der Waals surface area contributed by atoms with Crippen LogP contribution in [0.1, 0.15) is 13.3 Å². The fraction of sp³-hybridized carbons (Fsp3) is 0.909. The van der Waals surface area contributed by atoms with Crippen molar-refractivity contribution >= 4 is 25.8 Å². The van der Waals surface area contributed by atoms with Crippen molar-refractivity contribution in [2.45, 2.75) is 24.6 Å². The lowest BCUT2D eigenvalue weighted by molar-refractivity contribution is -0.148. The van der Waals surface area contributed by atoms with Gasteiger partial charge in [0, 0.05) is 19.6 Å². The van der Waals surface area contributed by atoms with Crippen LogP contribution < -0.4 is 5.32 Å². The molecule has 2 aliphatic rings. The number of rotatable bonds is 4. The summed E-state index contributed by atoms with van der Waals surface area (Å²) in [5.74, 6) is -1.09. The second-order valence-corrected chi connectivity index (χ2v) is 9.55. The molecule has 0 spiro atoms. The molecule has 8 nitrogen and oxygen atoms in total. The predicted octanol–water partition coefficient (Wildman–Crippen LogP) is -1.66. The molecule has 2 rings (SSSR count). The lowest BCUT2D eigenvalue weighted by Crippen LogP contribution is -2.59. The number of sulfonamides is 1. The van der Waals surface area contributed by atoms with Gasteiger partial charge in [-0.25, -0.2) is 16.8 Å². The summed E-state index contributed by atoms with van der Waals surface area (Å²) in [4.78, 5) is 11.9. The van der Waals surface area contributed by atoms with Crippen LogP contribution in [0.15, 0.2) is 0 Å². The molecular formula is C11H20N2O6S2. The summed E-state index contributed by atoms with van der Waals surface area (Å²) in [6.07, 6.45) is 0.0874. The van der Waals surface area contributed by atoms with Gasteiger partial charge in [-0.05, 0) is 13.3 Å². The molecule has 2 heterocycles. The van der Waals surface area contributed by atoms with Gasteiger partial charge < -0.3 is 10.1 Å². The van der Waals surface area contributed by atoms with Crippen LogP contribution >= 0.6 is 0 Å². The van der Waals surface area contributed by atoms with Crippen LogP contribution in [0.2, 0.25) is 0 Å². The summed E-state index contributed by atoms with van der Waals surface area (Å²) >= 11 is 0. The molecule has 0 aromatic carbocycles. The minimum absolute atomic E-state index is 0.0874. The van der Waals surface area contributed by atoms with Gasteiger partial charge in [-0.1, -0.05) is 0 Å². The predicted molar refractivity (Wildman–Crippen MR) is 76.0 cm³/mol. The summed E-state index contributed by atoms with van der Waals surface area (Å²) in [6.45, 7) is 2.56. The summed E-state index contributed by atoms with van der Waals surface area (Å²) in [7, 11) is -7.13. The molecule has 0 aromatic rings. The number of hydrogen-bond donors (Lipinski definition) is 1. The third kappa shape index (κ3) is 3.55. The third-order valence-corrected chi connectivity index (χ3v) is 8.01. The maximum atomic E-state index is 12.6. The number of piperazine rings is 1. The van der Waals surface area contributed by atoms with Gasteiger partial charge >= 0.3 is 5.97 Å². The Kier molecular flexibility index (Phi) is 4.91. The second kappa shape index (κ2) is 6.19. The topological polar surface area (TPSA) is 110 Å². The third-order valence-electron chi connectivity index (χ3n) is 3.69. The Morgan fingerprint density at radius 1 is 1.43 bits per heavy atom. The lowest BCUT2D eigenvalue weighted by atomic mass is 10.2. The number of hydrogen-bond acceptors (Lipinski definition) is 7. The fourth-order valence-electron chi connectivity index (χ4n) is 2.62. The van der Waals surface area contributed by atoms with Gasteiger partial charge in [-0.3, -0.25) is 4.79 Å². The van der Waals surface area contributed by atoms with Gasteiger partial charge in [0.25, 0.3) is 0 Å². The van der Waals surface area contributed by atoms with E-state index < -0.39 is 37.1 Å². The molecule has 0 aromatic heterocycles. The van der Waals surface area contributed by atoms with E-state index in [1.165, 1.54) is 0 Å². The summed E-state index contributed by atoms with van der Waals surface area (Å²) < 4.78 is 54.3. The second-order valence-electron chi connectivity index (χ2n) is 5.15. The quantitative estimate of drug-likeness (QED) is 0.610. The van der Waals surface area contributed by atoms with Gasteiger partial charge in [0.15, 0.2) is 9.84 Å². The molecule has 2 saturated heterocycles. The van der Waals surface area contributed by atoms with Gasteiger partial charge in [0.05, 0.1) is 23.4 Å². The molecule has 2 aliphatic heterocycles. The van der Waals surface area contributed by atoms with E-state index >= 15 is 0 Å². The number of sulfone groups is 1. The minimum atomic E-state index is -3.83. The number of esters is 1. The van der Waals surface area contributed by atoms with Gasteiger partial charge in [-0.15, -0.1) is 0 Å². The highest BCUT2D eigenvalue weighted by atomic mass is 32.2. The largest absolute Gasteiger partial charge is 0.465 e. The Bertz CT molecular complexity index is 600. The SMILES string of the molecule is CCOC(=O)C1CNCCN1S(=O)(=O)C1CCS(=O)(=O)C1. The molecule has 10 heteroatoms. The van der Waals surface area contributed by atoms with Crippen LogP contribution in [0.25, 0.3) is 0 Å². The van der Waals surface area contributed by atoms with Crippen molar-refractivity contribution in [1.29, 1.82) is 0 Å². The van der Waals surface area contributed by atoms with Crippen molar-refractivity contribution in [3.8, 4) is 0 Å². The van der Waals surface area contributed by atoms with Crippen molar-refractivity contribution in [3.63, 3.8) is 0 Å². The van der Waals surface area contributed by atoms with Crippen molar-refractivity contribution in [2.75, 3.05) is 37.7 Å². The molecule has 1 N–H and O–H groups in total. The first-order valence-electron chi connectivity index (χ1n) is 6.86. The van der Waals surface area contributed by atoms with E-state index in [0.29, 0.717) is 6.54 Å². The number of nitrogens with one attached hydrogen (secondary N) is 1. The Balaban J connectivity index is 2.22. The highest BCUT2D eigenvalue weighted by molar-refractivity contribution is 7.95. The summed E-state index contributed by atoms with van der Waals surface area (Å²) in [5.41, 5.74) is 0. The molecule has 0 aliphatic carbocycles. The smallest absolute Gasteiger partial charge is 0.325 e. The van der Waals surface area contributed by atoms with E-state index in [-0.39, 0.29) is 37.6 Å². The lowest BCUT2D eigenvalue weighted by Gasteiger charge is -2.34. The summed E-state index contributed by atoms with van der Waals surface area (Å²) in [5, 5.41) is 2.00. The zero-order valence-electron chi connectivity index (χ0n) is 11.8. The van der Waals surface area contributed by atoms with Crippen molar-refractivity contribution in [1.82, 2.24) is 9.62 Å². The Morgan fingerprint density at radius 2 is 2.14 bits per heavy atom. The van der Waals surface area contributed by atoms with Gasteiger partial charge in [0.2, 0.25) is 10.0 Å². The molecule has 0 radical (unpaired) electrons. The molecule has 2 atom stereocenters. The molecular weight excluding hydrogens is 320 g/mol. The number of carbonyl (C=O) groups excluding carboxylic acids is 1. The van der Waals surface area contributed by atoms with Crippen LogP contribution in [0.3, 0.4) is 0 Å². The molecule has 122 valence electrons. The van der Waals surface area contributed by atoms with Crippen molar-refractivity contribution < 1.29 is 26.4 Å². The molecule has 21 heavy (non-hydrogen) atoms. The molecule has 0 saturated carbocycles. The average molecular weight is 340 g/mol. The Labute approximate surface area is 124 Å². The Morgan fingerprint density at radius 3 is 2.71 bits per heavy atom. The maximum absolute atomic E-state index is 12.6. The van der Waals surface area contributed by atoms with E-state index in [1.807, 2.05) is 0 Å². The first-order chi connectivity index (χ1) is 9.78. The van der Waals surface area contributed by atoms with E-state index in [2.05, 4.69) is 5.32 Å². The standard InChI is InChI=1S/C11H20N2O6S2/c1-2-19-11(14)10-7-12-4-5-13(10)21(17,18)9-3-6-20(15,16)8-9/h9-10,12H,2-8H2,1H3. The first-order valence-corrected chi connectivity index (χ1v) is 10.2. The van der Waals surface area contributed by atoms with Gasteiger partial charge in [-0.2, -0.15) is 4.31 Å². The zero-order valence-corrected chi connectivity index (χ0v) is 13.5. The van der Waals surface area contributed by atoms with Crippen LogP contribution in [-0.2, 0) is 29.4 Å². The van der Waals surface area contributed by atoms with Crippen LogP contribution in [0.4, 0.5) is 0 Å². The monoisotopic (exact) mass is 340 g/mol. The highest BCUT2D eigenvalue weighted by Crippen LogP contribution is 2.24. The van der Waals surface area contributed by atoms with Crippen LogP contribution in [0, 0.1) is 0 Å². The fourth-order valence-corrected chi connectivity index (χ4v) is 7.28. The summed E-state index contributed by atoms with van der Waals surface area (Å²) in [6, 6.07) is -0.924. The molecule has 2 fully saturated rings. The van der Waals surface area contributed by atoms with Gasteiger partial charge in [0.1, 0.15) is 6.04 Å². The van der Waals surface area contributed by atoms with E-state index in [0.717, 1.165) is 4.31 Å². The van der Waals surface area contributed by atoms with Crippen LogP contribution in [0.5, 0.6) is 0 Å². The Hall–Kier alpha value is -0.710. The van der Waals surface area contributed by atoms with Crippen molar-refractivity contribution in [3.05, 3.63) is 0 Å². The average Bonchev–Trinajstić information content (AvgIpc) is 2.80. The molecule has 2 unspecified atom stereocenters. The van der Waals surface area contributed by atoms with E-state index in [1.54, 1.807) is 6.92 Å². The normalized spacial score (nSPS) is 30.1. The zero-order chi connectivity index (χ0) is 15.7. The van der Waals surface area contributed by atoms with E-state index in [9.17, 15) is 21.6 Å². The first kappa shape index (κ1) is 16.7. The minimum Gasteiger partial charge on any atom is -0.465 e. The van der Waals surface area contributed by atoms with Crippen LogP contribution in [-0.4, -0.2) is 76.1 Å². The molecule has 0 bridgehead atoms. The number of ether oxygens (including phenoxy) is 1.